The second-order valence-corrected chi connectivity index (χ2v) is 5.08. The van der Waals surface area contributed by atoms with E-state index < -0.39 is 5.97 Å². The number of benzene rings is 2. The Labute approximate surface area is 128 Å². The van der Waals surface area contributed by atoms with Gasteiger partial charge < -0.3 is 10.8 Å². The molecule has 0 fully saturated rings. The van der Waals surface area contributed by atoms with E-state index in [4.69, 9.17) is 5.73 Å². The molecule has 4 nitrogen and oxygen atoms in total. The van der Waals surface area contributed by atoms with Gasteiger partial charge in [-0.2, -0.15) is 0 Å². The summed E-state index contributed by atoms with van der Waals surface area (Å²) in [5.74, 6) is -1.06. The van der Waals surface area contributed by atoms with Gasteiger partial charge in [0.2, 0.25) is 0 Å². The lowest BCUT2D eigenvalue weighted by molar-refractivity contribution is 0.0698. The molecule has 0 aliphatic carbocycles. The lowest BCUT2D eigenvalue weighted by Crippen LogP contribution is -2.08. The molecule has 0 aliphatic rings. The summed E-state index contributed by atoms with van der Waals surface area (Å²) in [5.41, 5.74) is 9.46. The van der Waals surface area contributed by atoms with Gasteiger partial charge in [-0.15, -0.1) is 0 Å². The van der Waals surface area contributed by atoms with Gasteiger partial charge in [-0.3, -0.25) is 0 Å². The van der Waals surface area contributed by atoms with Gasteiger partial charge in [0, 0.05) is 10.9 Å². The number of nitrogens with zero attached hydrogens (tertiary/aromatic N) is 1. The molecule has 3 rings (SSSR count). The maximum Gasteiger partial charge on any atom is 0.340 e. The molecule has 2 aromatic carbocycles. The minimum absolute atomic E-state index is 0.0691. The van der Waals surface area contributed by atoms with E-state index in [2.05, 4.69) is 4.98 Å². The SMILES string of the molecule is CCc1ccccc1-c1nc2ccccc2c(N)c1C(=O)O. The smallest absolute Gasteiger partial charge is 0.340 e. The number of aromatic nitrogens is 1. The molecule has 0 atom stereocenters. The first-order chi connectivity index (χ1) is 10.6. The minimum atomic E-state index is -1.06. The number of rotatable bonds is 3. The molecule has 0 saturated carbocycles. The molecule has 1 aromatic heterocycles. The summed E-state index contributed by atoms with van der Waals surface area (Å²) in [4.78, 5) is 16.3. The second-order valence-electron chi connectivity index (χ2n) is 5.08. The summed E-state index contributed by atoms with van der Waals surface area (Å²) in [6.45, 7) is 2.03. The van der Waals surface area contributed by atoms with Crippen molar-refractivity contribution in [3.8, 4) is 11.3 Å². The molecular formula is C18H16N2O2. The highest BCUT2D eigenvalue weighted by atomic mass is 16.4. The topological polar surface area (TPSA) is 76.2 Å². The van der Waals surface area contributed by atoms with Gasteiger partial charge in [-0.05, 0) is 18.1 Å². The number of fused-ring (bicyclic) bond motifs is 1. The number of nitrogens with two attached hydrogens (primary N) is 1. The number of para-hydroxylation sites is 1. The fourth-order valence-electron chi connectivity index (χ4n) is 2.71. The predicted octanol–water partition coefficient (Wildman–Crippen LogP) is 3.74. The molecule has 0 spiro atoms. The number of carboxylic acid groups (broad SMARTS) is 1. The van der Waals surface area contributed by atoms with Crippen LogP contribution in [-0.2, 0) is 6.42 Å². The van der Waals surface area contributed by atoms with Crippen LogP contribution in [0.25, 0.3) is 22.2 Å². The Morgan fingerprint density at radius 1 is 1.14 bits per heavy atom. The average Bonchev–Trinajstić information content (AvgIpc) is 2.54. The molecule has 22 heavy (non-hydrogen) atoms. The van der Waals surface area contributed by atoms with Crippen LogP contribution < -0.4 is 5.73 Å². The zero-order valence-electron chi connectivity index (χ0n) is 12.2. The van der Waals surface area contributed by atoms with Gasteiger partial charge in [0.05, 0.1) is 16.9 Å². The molecule has 0 unspecified atom stereocenters. The minimum Gasteiger partial charge on any atom is -0.478 e. The van der Waals surface area contributed by atoms with Crippen LogP contribution >= 0.6 is 0 Å². The lowest BCUT2D eigenvalue weighted by Gasteiger charge is -2.14. The van der Waals surface area contributed by atoms with Crippen LogP contribution in [0.5, 0.6) is 0 Å². The fourth-order valence-corrected chi connectivity index (χ4v) is 2.71. The Balaban J connectivity index is 2.42. The average molecular weight is 292 g/mol. The molecule has 1 heterocycles. The van der Waals surface area contributed by atoms with Gasteiger partial charge >= 0.3 is 5.97 Å². The van der Waals surface area contributed by atoms with Crippen molar-refractivity contribution in [1.82, 2.24) is 4.98 Å². The third kappa shape index (κ3) is 2.19. The van der Waals surface area contributed by atoms with E-state index in [-0.39, 0.29) is 11.3 Å². The van der Waals surface area contributed by atoms with Crippen molar-refractivity contribution in [2.45, 2.75) is 13.3 Å². The van der Waals surface area contributed by atoms with Gasteiger partial charge in [0.25, 0.3) is 0 Å². The maximum absolute atomic E-state index is 11.7. The number of anilines is 1. The van der Waals surface area contributed by atoms with E-state index in [1.165, 1.54) is 0 Å². The zero-order chi connectivity index (χ0) is 15.7. The van der Waals surface area contributed by atoms with Gasteiger partial charge in [0.15, 0.2) is 0 Å². The van der Waals surface area contributed by atoms with Crippen molar-refractivity contribution < 1.29 is 9.90 Å². The molecule has 0 amide bonds. The second kappa shape index (κ2) is 5.48. The monoisotopic (exact) mass is 292 g/mol. The number of hydrogen-bond donors (Lipinski definition) is 2. The molecule has 0 bridgehead atoms. The van der Waals surface area contributed by atoms with Gasteiger partial charge in [-0.1, -0.05) is 49.4 Å². The summed E-state index contributed by atoms with van der Waals surface area (Å²) in [5, 5.41) is 10.3. The third-order valence-electron chi connectivity index (χ3n) is 3.80. The number of aryl methyl sites for hydroxylation is 1. The quantitative estimate of drug-likeness (QED) is 0.771. The maximum atomic E-state index is 11.7. The van der Waals surface area contributed by atoms with E-state index in [1.807, 2.05) is 49.4 Å². The fraction of sp³-hybridized carbons (Fsp3) is 0.111. The molecule has 110 valence electrons. The van der Waals surface area contributed by atoms with E-state index in [0.29, 0.717) is 16.6 Å². The molecule has 0 radical (unpaired) electrons. The highest BCUT2D eigenvalue weighted by molar-refractivity contribution is 6.08. The van der Waals surface area contributed by atoms with E-state index in [1.54, 1.807) is 6.07 Å². The Bertz CT molecular complexity index is 872. The van der Waals surface area contributed by atoms with E-state index >= 15 is 0 Å². The molecular weight excluding hydrogens is 276 g/mol. The van der Waals surface area contributed by atoms with Crippen LogP contribution in [0.1, 0.15) is 22.8 Å². The van der Waals surface area contributed by atoms with Crippen molar-refractivity contribution in [3.05, 3.63) is 59.7 Å². The first kappa shape index (κ1) is 14.1. The third-order valence-corrected chi connectivity index (χ3v) is 3.80. The molecule has 3 aromatic rings. The Kier molecular flexibility index (Phi) is 3.51. The van der Waals surface area contributed by atoms with Crippen LogP contribution in [0, 0.1) is 0 Å². The first-order valence-corrected chi connectivity index (χ1v) is 7.13. The number of hydrogen-bond acceptors (Lipinski definition) is 3. The normalized spacial score (nSPS) is 10.8. The van der Waals surface area contributed by atoms with E-state index in [9.17, 15) is 9.90 Å². The number of carboxylic acids is 1. The molecule has 4 heteroatoms. The molecule has 0 aliphatic heterocycles. The standard InChI is InChI=1S/C18H16N2O2/c1-2-11-7-3-4-8-12(11)17-15(18(21)22)16(19)13-9-5-6-10-14(13)20-17/h3-10H,2H2,1H3,(H2,19,20)(H,21,22). The first-order valence-electron chi connectivity index (χ1n) is 7.13. The number of aromatic carboxylic acids is 1. The highest BCUT2D eigenvalue weighted by Gasteiger charge is 2.21. The summed E-state index contributed by atoms with van der Waals surface area (Å²) in [7, 11) is 0. The van der Waals surface area contributed by atoms with Crippen molar-refractivity contribution >= 4 is 22.6 Å². The summed E-state index contributed by atoms with van der Waals surface area (Å²) in [6.07, 6.45) is 0.795. The van der Waals surface area contributed by atoms with Gasteiger partial charge in [0.1, 0.15) is 5.56 Å². The van der Waals surface area contributed by atoms with Gasteiger partial charge in [-0.25, -0.2) is 9.78 Å². The highest BCUT2D eigenvalue weighted by Crippen LogP contribution is 2.33. The van der Waals surface area contributed by atoms with E-state index in [0.717, 1.165) is 17.5 Å². The van der Waals surface area contributed by atoms with Crippen LogP contribution in [-0.4, -0.2) is 16.1 Å². The van der Waals surface area contributed by atoms with Crippen LogP contribution in [0.3, 0.4) is 0 Å². The van der Waals surface area contributed by atoms with Crippen molar-refractivity contribution in [2.24, 2.45) is 0 Å². The number of nitrogen functional groups attached to an aromatic ring is 1. The predicted molar refractivity (Wildman–Crippen MR) is 87.9 cm³/mol. The Morgan fingerprint density at radius 2 is 1.82 bits per heavy atom. The Hall–Kier alpha value is -2.88. The van der Waals surface area contributed by atoms with Crippen LogP contribution in [0.2, 0.25) is 0 Å². The molecule has 3 N–H and O–H groups in total. The number of carbonyl (C=O) groups is 1. The lowest BCUT2D eigenvalue weighted by atomic mass is 9.96. The van der Waals surface area contributed by atoms with Crippen molar-refractivity contribution in [2.75, 3.05) is 5.73 Å². The largest absolute Gasteiger partial charge is 0.478 e. The molecule has 0 saturated heterocycles. The summed E-state index contributed by atoms with van der Waals surface area (Å²) < 4.78 is 0. The van der Waals surface area contributed by atoms with Crippen LogP contribution in [0.15, 0.2) is 48.5 Å². The summed E-state index contributed by atoms with van der Waals surface area (Å²) >= 11 is 0. The zero-order valence-corrected chi connectivity index (χ0v) is 12.2. The Morgan fingerprint density at radius 3 is 2.55 bits per heavy atom. The summed E-state index contributed by atoms with van der Waals surface area (Å²) in [6, 6.07) is 15.0. The van der Waals surface area contributed by atoms with Crippen molar-refractivity contribution in [3.63, 3.8) is 0 Å². The van der Waals surface area contributed by atoms with Crippen LogP contribution in [0.4, 0.5) is 5.69 Å². The number of pyridine rings is 1. The van der Waals surface area contributed by atoms with Crippen molar-refractivity contribution in [1.29, 1.82) is 0 Å².